The second-order valence-electron chi connectivity index (χ2n) is 7.78. The fraction of sp³-hybridized carbons (Fsp3) is 0.227. The minimum absolute atomic E-state index is 0.0201. The lowest BCUT2D eigenvalue weighted by Gasteiger charge is -2.15. The number of carbonyl (C=O) groups excluding carboxylic acids is 2. The Kier molecular flexibility index (Phi) is 7.18. The number of hydrogen-bond donors (Lipinski definition) is 2. The van der Waals surface area contributed by atoms with Gasteiger partial charge in [0.2, 0.25) is 15.9 Å². The number of nitrogens with two attached hydrogens (primary N) is 1. The van der Waals surface area contributed by atoms with Crippen molar-refractivity contribution in [2.45, 2.75) is 12.8 Å². The quantitative estimate of drug-likeness (QED) is 0.466. The first kappa shape index (κ1) is 25.1. The summed E-state index contributed by atoms with van der Waals surface area (Å²) < 4.78 is 36.1. The molecule has 2 amide bonds. The van der Waals surface area contributed by atoms with E-state index in [0.29, 0.717) is 22.2 Å². The number of ether oxygens (including phenoxy) is 1. The SMILES string of the molecule is CN(C)C(=O)Oc1cc2oc(=O)c(Cc3cccc(NS(C)(=O)=O)c3)c(CC(N)=O)c2cc1Cl. The summed E-state index contributed by atoms with van der Waals surface area (Å²) in [6.45, 7) is 0. The van der Waals surface area contributed by atoms with Crippen molar-refractivity contribution in [2.75, 3.05) is 25.1 Å². The Morgan fingerprint density at radius 1 is 1.18 bits per heavy atom. The summed E-state index contributed by atoms with van der Waals surface area (Å²) in [7, 11) is -0.506. The number of amides is 2. The number of nitrogens with one attached hydrogen (secondary N) is 1. The molecule has 0 bridgehead atoms. The third-order valence-corrected chi connectivity index (χ3v) is 5.60. The molecule has 1 aromatic heterocycles. The zero-order valence-corrected chi connectivity index (χ0v) is 20.1. The van der Waals surface area contributed by atoms with Crippen LogP contribution in [0.2, 0.25) is 5.02 Å². The standard InChI is InChI=1S/C22H22ClN3O7S/c1-26(2)22(29)33-19-11-18-15(9-17(19)23)14(10-20(24)27)16(21(28)32-18)8-12-5-4-6-13(7-12)25-34(3,30)31/h4-7,9,11,25H,8,10H2,1-3H3,(H2,24,27). The minimum atomic E-state index is -3.50. The molecule has 3 N–H and O–H groups in total. The van der Waals surface area contributed by atoms with Crippen LogP contribution in [0.15, 0.2) is 45.6 Å². The van der Waals surface area contributed by atoms with Crippen LogP contribution in [0.5, 0.6) is 5.75 Å². The second-order valence-corrected chi connectivity index (χ2v) is 9.94. The van der Waals surface area contributed by atoms with E-state index in [1.807, 2.05) is 0 Å². The zero-order valence-electron chi connectivity index (χ0n) is 18.5. The average Bonchev–Trinajstić information content (AvgIpc) is 2.70. The molecule has 34 heavy (non-hydrogen) atoms. The lowest BCUT2D eigenvalue weighted by atomic mass is 9.96. The molecule has 0 spiro atoms. The molecule has 12 heteroatoms. The highest BCUT2D eigenvalue weighted by Crippen LogP contribution is 2.33. The number of benzene rings is 2. The summed E-state index contributed by atoms with van der Waals surface area (Å²) in [6.07, 6.45) is 0.109. The van der Waals surface area contributed by atoms with Crippen LogP contribution in [0.3, 0.4) is 0 Å². The van der Waals surface area contributed by atoms with Gasteiger partial charge >= 0.3 is 11.7 Å². The third-order valence-electron chi connectivity index (χ3n) is 4.70. The molecule has 0 aliphatic rings. The molecule has 0 saturated carbocycles. The first-order valence-corrected chi connectivity index (χ1v) is 12.1. The summed E-state index contributed by atoms with van der Waals surface area (Å²) in [4.78, 5) is 37.8. The predicted octanol–water partition coefficient (Wildman–Crippen LogP) is 2.50. The first-order valence-electron chi connectivity index (χ1n) is 9.86. The molecule has 0 aliphatic carbocycles. The van der Waals surface area contributed by atoms with Crippen LogP contribution in [0, 0.1) is 0 Å². The summed E-state index contributed by atoms with van der Waals surface area (Å²) >= 11 is 6.30. The van der Waals surface area contributed by atoms with Crippen molar-refractivity contribution in [3.8, 4) is 5.75 Å². The van der Waals surface area contributed by atoms with E-state index in [4.69, 9.17) is 26.5 Å². The molecule has 10 nitrogen and oxygen atoms in total. The van der Waals surface area contributed by atoms with Gasteiger partial charge in [-0.05, 0) is 29.3 Å². The van der Waals surface area contributed by atoms with E-state index in [2.05, 4.69) is 4.72 Å². The Balaban J connectivity index is 2.12. The van der Waals surface area contributed by atoms with E-state index in [1.54, 1.807) is 24.3 Å². The van der Waals surface area contributed by atoms with Crippen LogP contribution in [0.25, 0.3) is 11.0 Å². The van der Waals surface area contributed by atoms with Crippen molar-refractivity contribution in [2.24, 2.45) is 5.73 Å². The van der Waals surface area contributed by atoms with Gasteiger partial charge < -0.3 is 19.8 Å². The molecule has 180 valence electrons. The normalized spacial score (nSPS) is 11.3. The average molecular weight is 508 g/mol. The van der Waals surface area contributed by atoms with E-state index in [1.165, 1.54) is 31.1 Å². The van der Waals surface area contributed by atoms with Crippen LogP contribution in [-0.2, 0) is 27.7 Å². The molecule has 2 aromatic carbocycles. The number of anilines is 1. The van der Waals surface area contributed by atoms with Gasteiger partial charge in [0.15, 0.2) is 5.75 Å². The van der Waals surface area contributed by atoms with Gasteiger partial charge in [0.05, 0.1) is 17.7 Å². The highest BCUT2D eigenvalue weighted by Gasteiger charge is 2.20. The van der Waals surface area contributed by atoms with Gasteiger partial charge in [-0.2, -0.15) is 0 Å². The Labute approximate surface area is 200 Å². The molecule has 0 unspecified atom stereocenters. The number of carbonyl (C=O) groups is 2. The summed E-state index contributed by atoms with van der Waals surface area (Å²) in [5.74, 6) is -0.701. The van der Waals surface area contributed by atoms with Gasteiger partial charge in [0, 0.05) is 43.2 Å². The minimum Gasteiger partial charge on any atom is -0.422 e. The predicted molar refractivity (Wildman–Crippen MR) is 128 cm³/mol. The van der Waals surface area contributed by atoms with Crippen LogP contribution in [-0.4, -0.2) is 45.7 Å². The first-order chi connectivity index (χ1) is 15.8. The van der Waals surface area contributed by atoms with E-state index in [0.717, 1.165) is 6.26 Å². The van der Waals surface area contributed by atoms with Crippen LogP contribution >= 0.6 is 11.6 Å². The maximum Gasteiger partial charge on any atom is 0.414 e. The number of hydrogen-bond acceptors (Lipinski definition) is 7. The fourth-order valence-corrected chi connectivity index (χ4v) is 4.04. The number of fused-ring (bicyclic) bond motifs is 1. The summed E-state index contributed by atoms with van der Waals surface area (Å²) in [5.41, 5.74) is 6.15. The monoisotopic (exact) mass is 507 g/mol. The smallest absolute Gasteiger partial charge is 0.414 e. The number of rotatable bonds is 7. The van der Waals surface area contributed by atoms with Crippen molar-refractivity contribution in [3.63, 3.8) is 0 Å². The molecule has 0 radical (unpaired) electrons. The second kappa shape index (κ2) is 9.74. The molecular formula is C22H22ClN3O7S. The van der Waals surface area contributed by atoms with E-state index >= 15 is 0 Å². The molecule has 0 atom stereocenters. The number of nitrogens with zero attached hydrogens (tertiary/aromatic N) is 1. The fourth-order valence-electron chi connectivity index (χ4n) is 3.28. The molecule has 0 saturated heterocycles. The molecule has 3 aromatic rings. The van der Waals surface area contributed by atoms with Crippen molar-refractivity contribution < 1.29 is 27.2 Å². The Morgan fingerprint density at radius 2 is 1.88 bits per heavy atom. The molecular weight excluding hydrogens is 486 g/mol. The Bertz CT molecular complexity index is 1450. The molecule has 3 rings (SSSR count). The number of primary amides is 1. The van der Waals surface area contributed by atoms with Gasteiger partial charge in [-0.3, -0.25) is 9.52 Å². The summed E-state index contributed by atoms with van der Waals surface area (Å²) in [5, 5.41) is 0.418. The Hall–Kier alpha value is -3.57. The van der Waals surface area contributed by atoms with Crippen molar-refractivity contribution in [1.29, 1.82) is 0 Å². The van der Waals surface area contributed by atoms with Crippen LogP contribution in [0.1, 0.15) is 16.7 Å². The highest BCUT2D eigenvalue weighted by atomic mass is 35.5. The number of sulfonamides is 1. The highest BCUT2D eigenvalue weighted by molar-refractivity contribution is 7.92. The molecule has 0 fully saturated rings. The lowest BCUT2D eigenvalue weighted by molar-refractivity contribution is -0.117. The van der Waals surface area contributed by atoms with Gasteiger partial charge in [0.25, 0.3) is 0 Å². The van der Waals surface area contributed by atoms with Gasteiger partial charge in [-0.25, -0.2) is 18.0 Å². The molecule has 1 heterocycles. The largest absolute Gasteiger partial charge is 0.422 e. The van der Waals surface area contributed by atoms with E-state index < -0.39 is 27.6 Å². The van der Waals surface area contributed by atoms with E-state index in [-0.39, 0.29) is 34.8 Å². The maximum atomic E-state index is 12.9. The zero-order chi connectivity index (χ0) is 25.2. The summed E-state index contributed by atoms with van der Waals surface area (Å²) in [6, 6.07) is 9.18. The van der Waals surface area contributed by atoms with Crippen molar-refractivity contribution >= 4 is 50.3 Å². The van der Waals surface area contributed by atoms with E-state index in [9.17, 15) is 22.8 Å². The van der Waals surface area contributed by atoms with Crippen LogP contribution < -0.4 is 20.8 Å². The maximum absolute atomic E-state index is 12.9. The Morgan fingerprint density at radius 3 is 2.50 bits per heavy atom. The number of halogens is 1. The van der Waals surface area contributed by atoms with Gasteiger partial charge in [0.1, 0.15) is 5.58 Å². The third kappa shape index (κ3) is 6.06. The van der Waals surface area contributed by atoms with Gasteiger partial charge in [-0.15, -0.1) is 0 Å². The van der Waals surface area contributed by atoms with Crippen molar-refractivity contribution in [1.82, 2.24) is 4.90 Å². The van der Waals surface area contributed by atoms with Gasteiger partial charge in [-0.1, -0.05) is 23.7 Å². The van der Waals surface area contributed by atoms with Crippen LogP contribution in [0.4, 0.5) is 10.5 Å². The lowest BCUT2D eigenvalue weighted by Crippen LogP contribution is -2.25. The van der Waals surface area contributed by atoms with Crippen molar-refractivity contribution in [3.05, 3.63) is 68.5 Å². The topological polar surface area (TPSA) is 149 Å². The molecule has 0 aliphatic heterocycles.